The van der Waals surface area contributed by atoms with Gasteiger partial charge in [-0.3, -0.25) is 14.0 Å². The lowest BCUT2D eigenvalue weighted by molar-refractivity contribution is -0.137. The van der Waals surface area contributed by atoms with Crippen LogP contribution in [0.15, 0.2) is 71.6 Å². The van der Waals surface area contributed by atoms with Gasteiger partial charge in [-0.2, -0.15) is 13.2 Å². The van der Waals surface area contributed by atoms with E-state index in [1.54, 1.807) is 24.0 Å². The maximum Gasteiger partial charge on any atom is 0.416 e. The van der Waals surface area contributed by atoms with E-state index in [2.05, 4.69) is 4.90 Å². The number of alkyl halides is 3. The highest BCUT2D eigenvalue weighted by molar-refractivity contribution is 7.92. The number of fused-ring (bicyclic) bond motifs is 1. The Labute approximate surface area is 230 Å². The highest BCUT2D eigenvalue weighted by Crippen LogP contribution is 2.34. The first-order chi connectivity index (χ1) is 19.0. The van der Waals surface area contributed by atoms with E-state index in [-0.39, 0.29) is 17.4 Å². The highest BCUT2D eigenvalue weighted by atomic mass is 32.2. The van der Waals surface area contributed by atoms with Crippen molar-refractivity contribution >= 4 is 21.6 Å². The number of carbonyl (C=O) groups excluding carboxylic acids is 1. The number of rotatable bonds is 7. The highest BCUT2D eigenvalue weighted by Gasteiger charge is 2.34. The van der Waals surface area contributed by atoms with E-state index in [0.717, 1.165) is 33.6 Å². The van der Waals surface area contributed by atoms with Gasteiger partial charge in [0.2, 0.25) is 12.7 Å². The van der Waals surface area contributed by atoms with Crippen molar-refractivity contribution < 1.29 is 35.9 Å². The van der Waals surface area contributed by atoms with E-state index in [4.69, 9.17) is 9.47 Å². The average Bonchev–Trinajstić information content (AvgIpc) is 3.40. The minimum atomic E-state index is -4.67. The van der Waals surface area contributed by atoms with Crippen LogP contribution in [-0.4, -0.2) is 63.6 Å². The Morgan fingerprint density at radius 3 is 2.33 bits per heavy atom. The first-order valence-electron chi connectivity index (χ1n) is 12.7. The fraction of sp³-hybridized carbons (Fsp3) is 0.321. The molecule has 1 fully saturated rings. The lowest BCUT2D eigenvalue weighted by atomic mass is 10.1. The molecule has 3 aromatic carbocycles. The summed E-state index contributed by atoms with van der Waals surface area (Å²) in [7, 11) is -4.34. The zero-order valence-corrected chi connectivity index (χ0v) is 22.5. The van der Waals surface area contributed by atoms with Gasteiger partial charge in [-0.1, -0.05) is 29.8 Å². The summed E-state index contributed by atoms with van der Waals surface area (Å²) in [5, 5.41) is 0. The number of piperazine rings is 1. The number of carbonyl (C=O) groups is 1. The van der Waals surface area contributed by atoms with Crippen LogP contribution in [-0.2, 0) is 27.5 Å². The Morgan fingerprint density at radius 2 is 1.62 bits per heavy atom. The monoisotopic (exact) mass is 575 g/mol. The molecule has 0 aliphatic carbocycles. The largest absolute Gasteiger partial charge is 0.454 e. The zero-order valence-electron chi connectivity index (χ0n) is 21.7. The molecule has 0 atom stereocenters. The van der Waals surface area contributed by atoms with E-state index in [1.807, 2.05) is 18.2 Å². The summed E-state index contributed by atoms with van der Waals surface area (Å²) < 4.78 is 79.1. The number of ether oxygens (including phenoxy) is 2. The van der Waals surface area contributed by atoms with E-state index in [9.17, 15) is 26.4 Å². The summed E-state index contributed by atoms with van der Waals surface area (Å²) in [5.41, 5.74) is 0.618. The van der Waals surface area contributed by atoms with Crippen LogP contribution in [0.25, 0.3) is 0 Å². The first kappa shape index (κ1) is 27.8. The molecule has 40 heavy (non-hydrogen) atoms. The Hall–Kier alpha value is -3.77. The number of halogens is 3. The second-order valence-electron chi connectivity index (χ2n) is 9.72. The summed E-state index contributed by atoms with van der Waals surface area (Å²) >= 11 is 0. The molecule has 1 saturated heterocycles. The fourth-order valence-corrected chi connectivity index (χ4v) is 6.07. The summed E-state index contributed by atoms with van der Waals surface area (Å²) in [6, 6.07) is 15.7. The van der Waals surface area contributed by atoms with Crippen molar-refractivity contribution in [3.63, 3.8) is 0 Å². The molecule has 2 aliphatic rings. The molecule has 3 aromatic rings. The second-order valence-corrected chi connectivity index (χ2v) is 11.6. The average molecular weight is 576 g/mol. The molecular weight excluding hydrogens is 547 g/mol. The van der Waals surface area contributed by atoms with E-state index in [1.165, 1.54) is 18.2 Å². The van der Waals surface area contributed by atoms with E-state index < -0.39 is 34.2 Å². The fourth-order valence-electron chi connectivity index (χ4n) is 4.67. The molecular formula is C28H28F3N3O5S. The zero-order chi connectivity index (χ0) is 28.5. The van der Waals surface area contributed by atoms with Crippen molar-refractivity contribution in [1.29, 1.82) is 0 Å². The topological polar surface area (TPSA) is 79.4 Å². The maximum absolute atomic E-state index is 13.6. The van der Waals surface area contributed by atoms with Crippen molar-refractivity contribution in [1.82, 2.24) is 9.80 Å². The molecule has 0 radical (unpaired) electrons. The predicted octanol–water partition coefficient (Wildman–Crippen LogP) is 4.28. The molecule has 5 rings (SSSR count). The first-order valence-corrected chi connectivity index (χ1v) is 14.1. The van der Waals surface area contributed by atoms with Gasteiger partial charge in [0.1, 0.15) is 6.54 Å². The van der Waals surface area contributed by atoms with Crippen molar-refractivity contribution in [2.75, 3.05) is 43.8 Å². The van der Waals surface area contributed by atoms with Crippen LogP contribution in [0.3, 0.4) is 0 Å². The van der Waals surface area contributed by atoms with Gasteiger partial charge in [0.05, 0.1) is 16.1 Å². The molecule has 0 aromatic heterocycles. The van der Waals surface area contributed by atoms with Gasteiger partial charge < -0.3 is 14.4 Å². The Balaban J connectivity index is 1.31. The Morgan fingerprint density at radius 1 is 0.925 bits per heavy atom. The molecule has 12 heteroatoms. The van der Waals surface area contributed by atoms with Gasteiger partial charge in [0.25, 0.3) is 10.0 Å². The number of hydrogen-bond acceptors (Lipinski definition) is 6. The van der Waals surface area contributed by atoms with Crippen LogP contribution in [0.2, 0.25) is 0 Å². The number of hydrogen-bond donors (Lipinski definition) is 0. The van der Waals surface area contributed by atoms with Crippen molar-refractivity contribution in [3.8, 4) is 11.5 Å². The van der Waals surface area contributed by atoms with Crippen LogP contribution in [0, 0.1) is 6.92 Å². The van der Waals surface area contributed by atoms with Gasteiger partial charge in [-0.15, -0.1) is 0 Å². The number of nitrogens with zero attached hydrogens (tertiary/aromatic N) is 3. The van der Waals surface area contributed by atoms with E-state index >= 15 is 0 Å². The van der Waals surface area contributed by atoms with Crippen LogP contribution < -0.4 is 13.8 Å². The van der Waals surface area contributed by atoms with Crippen LogP contribution >= 0.6 is 0 Å². The van der Waals surface area contributed by atoms with Crippen LogP contribution in [0.1, 0.15) is 16.7 Å². The SMILES string of the molecule is Cc1ccc(S(=O)(=O)N(CC(=O)N2CCN(Cc3ccc4c(c3)OCO4)CC2)c2cccc(C(F)(F)F)c2)cc1. The van der Waals surface area contributed by atoms with Gasteiger partial charge in [0.15, 0.2) is 11.5 Å². The Bertz CT molecular complexity index is 1490. The van der Waals surface area contributed by atoms with Gasteiger partial charge >= 0.3 is 6.18 Å². The molecule has 0 saturated carbocycles. The quantitative estimate of drug-likeness (QED) is 0.419. The molecule has 8 nitrogen and oxygen atoms in total. The number of sulfonamides is 1. The third-order valence-electron chi connectivity index (χ3n) is 6.92. The van der Waals surface area contributed by atoms with Crippen molar-refractivity contribution in [3.05, 3.63) is 83.4 Å². The number of benzene rings is 3. The van der Waals surface area contributed by atoms with Gasteiger partial charge in [-0.05, 0) is 55.0 Å². The molecule has 0 N–H and O–H groups in total. The van der Waals surface area contributed by atoms with Crippen LogP contribution in [0.4, 0.5) is 18.9 Å². The summed E-state index contributed by atoms with van der Waals surface area (Å²) in [6.07, 6.45) is -4.67. The minimum Gasteiger partial charge on any atom is -0.454 e. The molecule has 212 valence electrons. The molecule has 0 bridgehead atoms. The molecule has 2 heterocycles. The standard InChI is InChI=1S/C28H28F3N3O5S/c1-20-5-8-24(9-6-20)40(36,37)34(23-4-2-3-22(16-23)28(29,30)31)18-27(35)33-13-11-32(12-14-33)17-21-7-10-25-26(15-21)39-19-38-25/h2-10,15-16H,11-14,17-19H2,1H3. The van der Waals surface area contributed by atoms with Crippen molar-refractivity contribution in [2.24, 2.45) is 0 Å². The molecule has 1 amide bonds. The summed E-state index contributed by atoms with van der Waals surface area (Å²) in [6.45, 7) is 3.79. The van der Waals surface area contributed by atoms with Crippen molar-refractivity contribution in [2.45, 2.75) is 24.5 Å². The normalized spacial score (nSPS) is 15.8. The Kier molecular flexibility index (Phi) is 7.65. The minimum absolute atomic E-state index is 0.114. The third kappa shape index (κ3) is 6.02. The van der Waals surface area contributed by atoms with E-state index in [0.29, 0.717) is 44.2 Å². The molecule has 2 aliphatic heterocycles. The molecule has 0 unspecified atom stereocenters. The second kappa shape index (κ2) is 11.0. The van der Waals surface area contributed by atoms with Crippen LogP contribution in [0.5, 0.6) is 11.5 Å². The maximum atomic E-state index is 13.6. The smallest absolute Gasteiger partial charge is 0.416 e. The predicted molar refractivity (Wildman–Crippen MR) is 142 cm³/mol. The van der Waals surface area contributed by atoms with Gasteiger partial charge in [0, 0.05) is 32.7 Å². The lowest BCUT2D eigenvalue weighted by Crippen LogP contribution is -2.51. The van der Waals surface area contributed by atoms with Gasteiger partial charge in [-0.25, -0.2) is 8.42 Å². The summed E-state index contributed by atoms with van der Waals surface area (Å²) in [4.78, 5) is 16.9. The number of anilines is 1. The molecule has 0 spiro atoms. The third-order valence-corrected chi connectivity index (χ3v) is 8.71. The number of amides is 1. The number of aryl methyl sites for hydroxylation is 1. The lowest BCUT2D eigenvalue weighted by Gasteiger charge is -2.36. The summed E-state index contributed by atoms with van der Waals surface area (Å²) in [5.74, 6) is 0.900.